The van der Waals surface area contributed by atoms with Crippen LogP contribution in [-0.2, 0) is 4.74 Å². The second-order valence-electron chi connectivity index (χ2n) is 6.97. The lowest BCUT2D eigenvalue weighted by atomic mass is 9.72. The van der Waals surface area contributed by atoms with Gasteiger partial charge in [-0.2, -0.15) is 5.26 Å². The van der Waals surface area contributed by atoms with Crippen LogP contribution in [0.4, 0.5) is 10.5 Å². The summed E-state index contributed by atoms with van der Waals surface area (Å²) in [6, 6.07) is 9.93. The van der Waals surface area contributed by atoms with E-state index in [1.165, 1.54) is 5.69 Å². The van der Waals surface area contributed by atoms with Gasteiger partial charge in [-0.05, 0) is 43.5 Å². The first-order valence-corrected chi connectivity index (χ1v) is 8.83. The highest BCUT2D eigenvalue weighted by Gasteiger charge is 2.45. The molecule has 128 valence electrons. The highest BCUT2D eigenvalue weighted by Crippen LogP contribution is 2.42. The van der Waals surface area contributed by atoms with E-state index in [-0.39, 0.29) is 6.09 Å². The molecule has 0 N–H and O–H groups in total. The summed E-state index contributed by atoms with van der Waals surface area (Å²) in [6.07, 6.45) is 3.91. The summed E-state index contributed by atoms with van der Waals surface area (Å²) >= 11 is 0. The number of ether oxygens (including phenoxy) is 1. The van der Waals surface area contributed by atoms with Crippen LogP contribution in [0.25, 0.3) is 0 Å². The molecule has 2 aliphatic rings. The van der Waals surface area contributed by atoms with Gasteiger partial charge in [-0.3, -0.25) is 0 Å². The molecule has 0 aliphatic carbocycles. The molecule has 0 unspecified atom stereocenters. The van der Waals surface area contributed by atoms with E-state index in [2.05, 4.69) is 17.9 Å². The second-order valence-corrected chi connectivity index (χ2v) is 6.97. The van der Waals surface area contributed by atoms with Gasteiger partial charge < -0.3 is 14.5 Å². The van der Waals surface area contributed by atoms with Crippen LogP contribution in [0.5, 0.6) is 0 Å². The van der Waals surface area contributed by atoms with Crippen LogP contribution in [0.15, 0.2) is 24.3 Å². The molecule has 2 fully saturated rings. The fourth-order valence-electron chi connectivity index (χ4n) is 3.57. The van der Waals surface area contributed by atoms with E-state index in [0.29, 0.717) is 17.6 Å². The average Bonchev–Trinajstić information content (AvgIpc) is 2.60. The van der Waals surface area contributed by atoms with Crippen LogP contribution in [0.1, 0.15) is 38.2 Å². The minimum atomic E-state index is -0.151. The van der Waals surface area contributed by atoms with Gasteiger partial charge in [-0.25, -0.2) is 4.79 Å². The van der Waals surface area contributed by atoms with Crippen LogP contribution >= 0.6 is 0 Å². The zero-order valence-corrected chi connectivity index (χ0v) is 14.3. The molecule has 1 amide bonds. The molecule has 0 radical (unpaired) electrons. The Morgan fingerprint density at radius 2 is 1.92 bits per heavy atom. The Kier molecular flexibility index (Phi) is 4.94. The summed E-state index contributed by atoms with van der Waals surface area (Å²) < 4.78 is 5.30. The van der Waals surface area contributed by atoms with Gasteiger partial charge >= 0.3 is 6.09 Å². The molecular weight excluding hydrogens is 302 g/mol. The first kappa shape index (κ1) is 16.6. The van der Waals surface area contributed by atoms with Gasteiger partial charge in [-0.1, -0.05) is 13.3 Å². The summed E-state index contributed by atoms with van der Waals surface area (Å²) in [5, 5.41) is 8.87. The number of likely N-dealkylation sites (tertiary alicyclic amines) is 1. The third-order valence-electron chi connectivity index (χ3n) is 5.22. The summed E-state index contributed by atoms with van der Waals surface area (Å²) in [5.41, 5.74) is 2.22. The average molecular weight is 327 g/mol. The van der Waals surface area contributed by atoms with E-state index in [9.17, 15) is 4.79 Å². The molecule has 24 heavy (non-hydrogen) atoms. The molecule has 2 aliphatic heterocycles. The van der Waals surface area contributed by atoms with E-state index in [1.807, 2.05) is 29.2 Å². The first-order valence-electron chi connectivity index (χ1n) is 8.83. The maximum absolute atomic E-state index is 12.0. The highest BCUT2D eigenvalue weighted by molar-refractivity contribution is 5.67. The van der Waals surface area contributed by atoms with Crippen LogP contribution in [-0.4, -0.2) is 43.8 Å². The van der Waals surface area contributed by atoms with Crippen molar-refractivity contribution < 1.29 is 9.53 Å². The molecule has 5 nitrogen and oxygen atoms in total. The fourth-order valence-corrected chi connectivity index (χ4v) is 3.57. The Balaban J connectivity index is 1.46. The number of carbonyl (C=O) groups excluding carboxylic acids is 1. The second kappa shape index (κ2) is 7.12. The number of carbonyl (C=O) groups is 1. The number of anilines is 1. The topological polar surface area (TPSA) is 56.6 Å². The molecule has 0 atom stereocenters. The predicted molar refractivity (Wildman–Crippen MR) is 92.9 cm³/mol. The maximum Gasteiger partial charge on any atom is 0.409 e. The molecule has 2 heterocycles. The van der Waals surface area contributed by atoms with Crippen molar-refractivity contribution in [1.82, 2.24) is 4.90 Å². The number of rotatable bonds is 4. The lowest BCUT2D eigenvalue weighted by molar-refractivity contribution is 0.0526. The third kappa shape index (κ3) is 3.48. The van der Waals surface area contributed by atoms with Gasteiger partial charge in [0.2, 0.25) is 0 Å². The van der Waals surface area contributed by atoms with E-state index < -0.39 is 0 Å². The van der Waals surface area contributed by atoms with E-state index in [1.54, 1.807) is 0 Å². The Hall–Kier alpha value is -2.22. The molecule has 1 aromatic rings. The molecule has 0 bridgehead atoms. The molecule has 3 rings (SSSR count). The fraction of sp³-hybridized carbons (Fsp3) is 0.579. The number of hydrogen-bond acceptors (Lipinski definition) is 4. The van der Waals surface area contributed by atoms with E-state index in [4.69, 9.17) is 10.00 Å². The number of amides is 1. The van der Waals surface area contributed by atoms with Crippen LogP contribution in [0, 0.1) is 16.7 Å². The van der Waals surface area contributed by atoms with Crippen molar-refractivity contribution >= 4 is 11.8 Å². The van der Waals surface area contributed by atoms with Gasteiger partial charge in [0, 0.05) is 37.3 Å². The van der Waals surface area contributed by atoms with Crippen molar-refractivity contribution in [2.24, 2.45) is 5.41 Å². The minimum Gasteiger partial charge on any atom is -0.449 e. The molecule has 5 heteroatoms. The Labute approximate surface area is 143 Å². The van der Waals surface area contributed by atoms with Gasteiger partial charge in [0.1, 0.15) is 0 Å². The van der Waals surface area contributed by atoms with Gasteiger partial charge in [0.05, 0.1) is 18.2 Å². The van der Waals surface area contributed by atoms with Gasteiger partial charge in [0.15, 0.2) is 0 Å². The van der Waals surface area contributed by atoms with Crippen LogP contribution in [0.2, 0.25) is 0 Å². The lowest BCUT2D eigenvalue weighted by Gasteiger charge is -2.54. The monoisotopic (exact) mass is 327 g/mol. The summed E-state index contributed by atoms with van der Waals surface area (Å²) in [4.78, 5) is 16.2. The number of piperidine rings is 1. The molecule has 1 spiro atoms. The van der Waals surface area contributed by atoms with Crippen LogP contribution in [0.3, 0.4) is 0 Å². The number of nitrogens with zero attached hydrogens (tertiary/aromatic N) is 3. The molecular formula is C19H25N3O2. The van der Waals surface area contributed by atoms with Crippen LogP contribution < -0.4 is 4.90 Å². The van der Waals surface area contributed by atoms with Crippen molar-refractivity contribution in [3.8, 4) is 6.07 Å². The summed E-state index contributed by atoms with van der Waals surface area (Å²) in [6.45, 7) is 6.30. The third-order valence-corrected chi connectivity index (χ3v) is 5.22. The molecule has 2 saturated heterocycles. The number of benzene rings is 1. The van der Waals surface area contributed by atoms with Crippen molar-refractivity contribution in [3.05, 3.63) is 29.8 Å². The quantitative estimate of drug-likeness (QED) is 0.795. The predicted octanol–water partition coefficient (Wildman–Crippen LogP) is 3.40. The van der Waals surface area contributed by atoms with Crippen molar-refractivity contribution in [1.29, 1.82) is 5.26 Å². The van der Waals surface area contributed by atoms with Crippen molar-refractivity contribution in [3.63, 3.8) is 0 Å². The zero-order chi connectivity index (χ0) is 17.0. The summed E-state index contributed by atoms with van der Waals surface area (Å²) in [7, 11) is 0. The van der Waals surface area contributed by atoms with E-state index >= 15 is 0 Å². The van der Waals surface area contributed by atoms with Crippen molar-refractivity contribution in [2.75, 3.05) is 37.7 Å². The number of hydrogen-bond donors (Lipinski definition) is 0. The Bertz CT molecular complexity index is 604. The lowest BCUT2D eigenvalue weighted by Crippen LogP contribution is -2.61. The standard InChI is InChI=1S/C19H25N3O2/c1-2-3-12-24-18(23)21-10-8-19(9-11-21)14-22(15-19)17-6-4-16(13-20)5-7-17/h4-7H,2-3,8-12,14-15H2,1H3. The first-order chi connectivity index (χ1) is 11.7. The largest absolute Gasteiger partial charge is 0.449 e. The van der Waals surface area contributed by atoms with Gasteiger partial charge in [-0.15, -0.1) is 0 Å². The van der Waals surface area contributed by atoms with E-state index in [0.717, 1.165) is 51.9 Å². The maximum atomic E-state index is 12.0. The number of unbranched alkanes of at least 4 members (excludes halogenated alkanes) is 1. The van der Waals surface area contributed by atoms with Crippen molar-refractivity contribution in [2.45, 2.75) is 32.6 Å². The zero-order valence-electron chi connectivity index (χ0n) is 14.3. The SMILES string of the molecule is CCCCOC(=O)N1CCC2(CC1)CN(c1ccc(C#N)cc1)C2. The smallest absolute Gasteiger partial charge is 0.409 e. The summed E-state index contributed by atoms with van der Waals surface area (Å²) in [5.74, 6) is 0. The molecule has 1 aromatic carbocycles. The normalized spacial score (nSPS) is 18.8. The van der Waals surface area contributed by atoms with Gasteiger partial charge in [0.25, 0.3) is 0 Å². The minimum absolute atomic E-state index is 0.151. The highest BCUT2D eigenvalue weighted by atomic mass is 16.6. The molecule has 0 aromatic heterocycles. The molecule has 0 saturated carbocycles. The Morgan fingerprint density at radius 1 is 1.25 bits per heavy atom. The Morgan fingerprint density at radius 3 is 2.50 bits per heavy atom. The number of nitriles is 1.